The Kier molecular flexibility index (Phi) is 6.38. The smallest absolute Gasteiger partial charge is 0.272 e. The number of para-hydroxylation sites is 2. The molecule has 1 aromatic heterocycles. The molecule has 1 aliphatic heterocycles. The van der Waals surface area contributed by atoms with Crippen molar-refractivity contribution >= 4 is 22.7 Å². The number of carbonyl (C=O) groups excluding carboxylic acids is 2. The first-order valence-electron chi connectivity index (χ1n) is 12.0. The molecule has 3 aromatic carbocycles. The number of hydrogen-bond acceptors (Lipinski definition) is 4. The molecule has 7 heteroatoms. The average molecular weight is 484 g/mol. The molecule has 1 atom stereocenters. The molecule has 0 aliphatic carbocycles. The highest BCUT2D eigenvalue weighted by molar-refractivity contribution is 6.07. The molecule has 7 nitrogen and oxygen atoms in total. The monoisotopic (exact) mass is 483 g/mol. The van der Waals surface area contributed by atoms with E-state index in [4.69, 9.17) is 9.47 Å². The Morgan fingerprint density at radius 1 is 1.00 bits per heavy atom. The summed E-state index contributed by atoms with van der Waals surface area (Å²) in [5.41, 5.74) is 4.35. The van der Waals surface area contributed by atoms with Crippen molar-refractivity contribution in [3.8, 4) is 11.5 Å². The number of amides is 2. The summed E-state index contributed by atoms with van der Waals surface area (Å²) in [7, 11) is 3.52. The van der Waals surface area contributed by atoms with Gasteiger partial charge in [0.15, 0.2) is 0 Å². The molecule has 0 unspecified atom stereocenters. The highest BCUT2D eigenvalue weighted by Crippen LogP contribution is 2.44. The average Bonchev–Trinajstić information content (AvgIpc) is 3.35. The third-order valence-electron chi connectivity index (χ3n) is 6.69. The van der Waals surface area contributed by atoms with Crippen LogP contribution in [0.3, 0.4) is 0 Å². The predicted octanol–water partition coefficient (Wildman–Crippen LogP) is 4.45. The van der Waals surface area contributed by atoms with E-state index in [1.165, 1.54) is 0 Å². The first-order valence-corrected chi connectivity index (χ1v) is 12.0. The largest absolute Gasteiger partial charge is 0.497 e. The Morgan fingerprint density at radius 3 is 2.47 bits per heavy atom. The maximum absolute atomic E-state index is 13.7. The molecular weight excluding hydrogens is 454 g/mol. The van der Waals surface area contributed by atoms with Crippen molar-refractivity contribution in [2.45, 2.75) is 19.5 Å². The lowest BCUT2D eigenvalue weighted by molar-refractivity contribution is -0.122. The summed E-state index contributed by atoms with van der Waals surface area (Å²) >= 11 is 0. The quantitative estimate of drug-likeness (QED) is 0.402. The van der Waals surface area contributed by atoms with Gasteiger partial charge in [-0.1, -0.05) is 48.5 Å². The van der Waals surface area contributed by atoms with Crippen LogP contribution < -0.4 is 14.8 Å². The van der Waals surface area contributed by atoms with Crippen LogP contribution >= 0.6 is 0 Å². The molecule has 36 heavy (non-hydrogen) atoms. The lowest BCUT2D eigenvalue weighted by atomic mass is 9.98. The van der Waals surface area contributed by atoms with E-state index in [2.05, 4.69) is 5.32 Å². The summed E-state index contributed by atoms with van der Waals surface area (Å²) in [6, 6.07) is 22.9. The van der Waals surface area contributed by atoms with Crippen LogP contribution in [0, 0.1) is 0 Å². The minimum absolute atomic E-state index is 0.0602. The Bertz CT molecular complexity index is 1420. The topological polar surface area (TPSA) is 72.8 Å². The summed E-state index contributed by atoms with van der Waals surface area (Å²) in [4.78, 5) is 28.5. The second-order valence-corrected chi connectivity index (χ2v) is 8.76. The van der Waals surface area contributed by atoms with Crippen LogP contribution in [0.1, 0.15) is 40.1 Å². The molecule has 4 aromatic rings. The Balaban J connectivity index is 1.46. The summed E-state index contributed by atoms with van der Waals surface area (Å²) in [6.07, 6.45) is 0. The van der Waals surface area contributed by atoms with E-state index in [-0.39, 0.29) is 24.4 Å². The van der Waals surface area contributed by atoms with Crippen molar-refractivity contribution in [1.82, 2.24) is 14.8 Å². The molecule has 2 heterocycles. The van der Waals surface area contributed by atoms with E-state index in [1.54, 1.807) is 12.0 Å². The van der Waals surface area contributed by atoms with E-state index in [0.717, 1.165) is 39.1 Å². The van der Waals surface area contributed by atoms with Gasteiger partial charge >= 0.3 is 0 Å². The zero-order chi connectivity index (χ0) is 25.2. The maximum atomic E-state index is 13.7. The standard InChI is InChI=1S/C29H29N3O4/c1-4-36-24-12-8-5-9-20(24)17-30-25(33)18-32-27(19-13-15-21(35-3)16-14-19)26-22-10-6-7-11-23(22)31(2)28(26)29(32)34/h5-16,27H,4,17-18H2,1-3H3,(H,30,33)/t27-/m0/s1. The molecule has 0 bridgehead atoms. The van der Waals surface area contributed by atoms with E-state index >= 15 is 0 Å². The lowest BCUT2D eigenvalue weighted by Gasteiger charge is -2.26. The molecule has 1 aliphatic rings. The normalized spacial score (nSPS) is 14.7. The zero-order valence-electron chi connectivity index (χ0n) is 20.7. The van der Waals surface area contributed by atoms with Crippen LogP contribution in [-0.4, -0.2) is 41.5 Å². The first kappa shape index (κ1) is 23.5. The fraction of sp³-hybridized carbons (Fsp3) is 0.241. The van der Waals surface area contributed by atoms with Crippen LogP contribution in [0.5, 0.6) is 11.5 Å². The van der Waals surface area contributed by atoms with Gasteiger partial charge in [-0.3, -0.25) is 9.59 Å². The number of carbonyl (C=O) groups is 2. The van der Waals surface area contributed by atoms with Crippen LogP contribution in [-0.2, 0) is 18.4 Å². The van der Waals surface area contributed by atoms with Gasteiger partial charge < -0.3 is 24.3 Å². The minimum atomic E-state index is -0.383. The third kappa shape index (κ3) is 4.06. The number of methoxy groups -OCH3 is 1. The molecule has 0 radical (unpaired) electrons. The fourth-order valence-electron chi connectivity index (χ4n) is 5.01. The summed E-state index contributed by atoms with van der Waals surface area (Å²) in [5.74, 6) is 1.09. The summed E-state index contributed by atoms with van der Waals surface area (Å²) < 4.78 is 12.9. The SMILES string of the molecule is CCOc1ccccc1CNC(=O)CN1C(=O)c2c(c3ccccc3n2C)[C@@H]1c1ccc(OC)cc1. The molecule has 2 amide bonds. The van der Waals surface area contributed by atoms with E-state index in [0.29, 0.717) is 18.8 Å². The number of fused-ring (bicyclic) bond motifs is 3. The van der Waals surface area contributed by atoms with Crippen LogP contribution in [0.4, 0.5) is 0 Å². The molecule has 184 valence electrons. The van der Waals surface area contributed by atoms with Gasteiger partial charge in [-0.25, -0.2) is 0 Å². The number of hydrogen-bond donors (Lipinski definition) is 1. The Labute approximate surface area is 210 Å². The Hall–Kier alpha value is -4.26. The van der Waals surface area contributed by atoms with E-state index < -0.39 is 0 Å². The molecular formula is C29H29N3O4. The van der Waals surface area contributed by atoms with Gasteiger partial charge in [-0.05, 0) is 36.8 Å². The molecule has 0 saturated carbocycles. The number of ether oxygens (including phenoxy) is 2. The van der Waals surface area contributed by atoms with Crippen LogP contribution in [0.25, 0.3) is 10.9 Å². The van der Waals surface area contributed by atoms with Gasteiger partial charge in [-0.2, -0.15) is 0 Å². The third-order valence-corrected chi connectivity index (χ3v) is 6.69. The maximum Gasteiger partial charge on any atom is 0.272 e. The molecule has 5 rings (SSSR count). The summed E-state index contributed by atoms with van der Waals surface area (Å²) in [6.45, 7) is 2.73. The van der Waals surface area contributed by atoms with Gasteiger partial charge in [0.05, 0.1) is 19.8 Å². The zero-order valence-corrected chi connectivity index (χ0v) is 20.7. The van der Waals surface area contributed by atoms with E-state index in [1.807, 2.05) is 91.3 Å². The molecule has 0 spiro atoms. The molecule has 0 fully saturated rings. The van der Waals surface area contributed by atoms with Crippen molar-refractivity contribution in [2.75, 3.05) is 20.3 Å². The van der Waals surface area contributed by atoms with Crippen molar-refractivity contribution in [2.24, 2.45) is 7.05 Å². The van der Waals surface area contributed by atoms with Gasteiger partial charge in [-0.15, -0.1) is 0 Å². The number of aryl methyl sites for hydroxylation is 1. The number of rotatable bonds is 8. The second-order valence-electron chi connectivity index (χ2n) is 8.76. The Morgan fingerprint density at radius 2 is 1.72 bits per heavy atom. The van der Waals surface area contributed by atoms with Gasteiger partial charge in [0.2, 0.25) is 5.91 Å². The molecule has 0 saturated heterocycles. The van der Waals surface area contributed by atoms with E-state index in [9.17, 15) is 9.59 Å². The number of aromatic nitrogens is 1. The predicted molar refractivity (Wildman–Crippen MR) is 138 cm³/mol. The first-order chi connectivity index (χ1) is 17.5. The molecule has 1 N–H and O–H groups in total. The van der Waals surface area contributed by atoms with Gasteiger partial charge in [0, 0.05) is 35.6 Å². The highest BCUT2D eigenvalue weighted by Gasteiger charge is 2.42. The second kappa shape index (κ2) is 9.77. The van der Waals surface area contributed by atoms with Crippen LogP contribution in [0.2, 0.25) is 0 Å². The van der Waals surface area contributed by atoms with Crippen LogP contribution in [0.15, 0.2) is 72.8 Å². The van der Waals surface area contributed by atoms with Crippen molar-refractivity contribution < 1.29 is 19.1 Å². The number of nitrogens with one attached hydrogen (secondary N) is 1. The number of benzene rings is 3. The fourth-order valence-corrected chi connectivity index (χ4v) is 5.01. The van der Waals surface area contributed by atoms with Gasteiger partial charge in [0.25, 0.3) is 5.91 Å². The summed E-state index contributed by atoms with van der Waals surface area (Å²) in [5, 5.41) is 3.98. The highest BCUT2D eigenvalue weighted by atomic mass is 16.5. The van der Waals surface area contributed by atoms with Gasteiger partial charge in [0.1, 0.15) is 23.7 Å². The lowest BCUT2D eigenvalue weighted by Crippen LogP contribution is -2.39. The number of nitrogens with zero attached hydrogens (tertiary/aromatic N) is 2. The van der Waals surface area contributed by atoms with Crippen molar-refractivity contribution in [1.29, 1.82) is 0 Å². The minimum Gasteiger partial charge on any atom is -0.497 e. The van der Waals surface area contributed by atoms with Crippen molar-refractivity contribution in [3.63, 3.8) is 0 Å². The van der Waals surface area contributed by atoms with Crippen molar-refractivity contribution in [3.05, 3.63) is 95.2 Å².